The van der Waals surface area contributed by atoms with E-state index in [2.05, 4.69) is 34.2 Å². The molecule has 150 valence electrons. The normalized spacial score (nSPS) is 19.5. The summed E-state index contributed by atoms with van der Waals surface area (Å²) in [5.41, 5.74) is 0.704. The van der Waals surface area contributed by atoms with Crippen LogP contribution in [0.2, 0.25) is 0 Å². The molecule has 1 saturated heterocycles. The topological polar surface area (TPSA) is 48.5 Å². The molecule has 0 unspecified atom stereocenters. The van der Waals surface area contributed by atoms with Crippen molar-refractivity contribution in [1.29, 1.82) is 0 Å². The van der Waals surface area contributed by atoms with Crippen LogP contribution in [0.3, 0.4) is 0 Å². The Morgan fingerprint density at radius 3 is 2.39 bits per heavy atom. The number of likely N-dealkylation sites (N-methyl/N-ethyl adjacent to an activating group) is 1. The van der Waals surface area contributed by atoms with Crippen LogP contribution in [-0.2, 0) is 0 Å². The molecule has 1 N–H and O–H groups in total. The first-order chi connectivity index (χ1) is 13.8. The van der Waals surface area contributed by atoms with Gasteiger partial charge in [0.1, 0.15) is 5.82 Å². The van der Waals surface area contributed by atoms with E-state index in [0.29, 0.717) is 11.6 Å². The highest BCUT2D eigenvalue weighted by molar-refractivity contribution is 6.09. The highest BCUT2D eigenvalue weighted by Crippen LogP contribution is 2.28. The SMILES string of the molecule is CCN1CCN(c2ncc(C(=O)NC3CCCCCC3)c3ccccc23)CC1. The van der Waals surface area contributed by atoms with Gasteiger partial charge in [0.2, 0.25) is 0 Å². The summed E-state index contributed by atoms with van der Waals surface area (Å²) >= 11 is 0. The fraction of sp³-hybridized carbons (Fsp3) is 0.565. The number of benzene rings is 1. The van der Waals surface area contributed by atoms with Crippen molar-refractivity contribution in [2.75, 3.05) is 37.6 Å². The maximum Gasteiger partial charge on any atom is 0.253 e. The van der Waals surface area contributed by atoms with Gasteiger partial charge in [-0.1, -0.05) is 56.9 Å². The van der Waals surface area contributed by atoms with Crippen LogP contribution in [0.1, 0.15) is 55.8 Å². The van der Waals surface area contributed by atoms with Gasteiger partial charge >= 0.3 is 0 Å². The maximum atomic E-state index is 13.0. The molecule has 5 nitrogen and oxygen atoms in total. The van der Waals surface area contributed by atoms with Gasteiger partial charge in [-0.15, -0.1) is 0 Å². The standard InChI is InChI=1S/C23H32N4O/c1-2-26-13-15-27(16-14-26)22-20-12-8-7-11-19(20)21(17-24-22)23(28)25-18-9-5-3-4-6-10-18/h7-8,11-12,17-18H,2-6,9-10,13-16H2,1H3,(H,25,28). The van der Waals surface area contributed by atoms with Crippen LogP contribution in [0.4, 0.5) is 5.82 Å². The van der Waals surface area contributed by atoms with Crippen LogP contribution in [0.25, 0.3) is 10.8 Å². The number of fused-ring (bicyclic) bond motifs is 1. The number of nitrogens with one attached hydrogen (secondary N) is 1. The number of piperazine rings is 1. The van der Waals surface area contributed by atoms with Gasteiger partial charge in [-0.25, -0.2) is 4.98 Å². The number of pyridine rings is 1. The Bertz CT molecular complexity index is 805. The Labute approximate surface area is 168 Å². The molecule has 2 fully saturated rings. The Morgan fingerprint density at radius 2 is 1.71 bits per heavy atom. The summed E-state index contributed by atoms with van der Waals surface area (Å²) in [6.45, 7) is 7.41. The Kier molecular flexibility index (Phi) is 6.10. The summed E-state index contributed by atoms with van der Waals surface area (Å²) in [6, 6.07) is 8.53. The Morgan fingerprint density at radius 1 is 1.04 bits per heavy atom. The van der Waals surface area contributed by atoms with Gasteiger partial charge < -0.3 is 15.1 Å². The van der Waals surface area contributed by atoms with Crippen LogP contribution in [0.5, 0.6) is 0 Å². The van der Waals surface area contributed by atoms with Crippen LogP contribution in [0, 0.1) is 0 Å². The van der Waals surface area contributed by atoms with Gasteiger partial charge in [-0.3, -0.25) is 4.79 Å². The summed E-state index contributed by atoms with van der Waals surface area (Å²) in [5.74, 6) is 1.04. The van der Waals surface area contributed by atoms with Crippen molar-refractivity contribution in [3.05, 3.63) is 36.0 Å². The van der Waals surface area contributed by atoms with Gasteiger partial charge in [0.15, 0.2) is 0 Å². The second-order valence-electron chi connectivity index (χ2n) is 8.12. The van der Waals surface area contributed by atoms with Gasteiger partial charge in [0.05, 0.1) is 5.56 Å². The summed E-state index contributed by atoms with van der Waals surface area (Å²) in [6.07, 6.45) is 8.98. The van der Waals surface area contributed by atoms with E-state index in [-0.39, 0.29) is 5.91 Å². The van der Waals surface area contributed by atoms with Gasteiger partial charge in [-0.2, -0.15) is 0 Å². The molecular weight excluding hydrogens is 348 g/mol. The fourth-order valence-electron chi connectivity index (χ4n) is 4.57. The van der Waals surface area contributed by atoms with Crippen molar-refractivity contribution >= 4 is 22.5 Å². The molecule has 1 aromatic heterocycles. The molecule has 0 spiro atoms. The van der Waals surface area contributed by atoms with E-state index in [1.54, 1.807) is 6.20 Å². The quantitative estimate of drug-likeness (QED) is 0.819. The number of nitrogens with zero attached hydrogens (tertiary/aromatic N) is 3. The minimum Gasteiger partial charge on any atom is -0.354 e. The first-order valence-corrected chi connectivity index (χ1v) is 10.9. The molecule has 1 aliphatic carbocycles. The molecule has 2 aliphatic rings. The third-order valence-electron chi connectivity index (χ3n) is 6.33. The number of hydrogen-bond donors (Lipinski definition) is 1. The predicted molar refractivity (Wildman–Crippen MR) is 115 cm³/mol. The summed E-state index contributed by atoms with van der Waals surface area (Å²) < 4.78 is 0. The lowest BCUT2D eigenvalue weighted by atomic mass is 10.0. The highest BCUT2D eigenvalue weighted by Gasteiger charge is 2.22. The molecule has 2 aromatic rings. The average Bonchev–Trinajstić information content (AvgIpc) is 3.01. The molecule has 1 amide bonds. The third kappa shape index (κ3) is 4.14. The van der Waals surface area contributed by atoms with E-state index in [4.69, 9.17) is 4.98 Å². The van der Waals surface area contributed by atoms with E-state index < -0.39 is 0 Å². The molecule has 0 radical (unpaired) electrons. The van der Waals surface area contributed by atoms with Crippen molar-refractivity contribution in [3.8, 4) is 0 Å². The second kappa shape index (κ2) is 8.91. The first-order valence-electron chi connectivity index (χ1n) is 10.9. The number of amides is 1. The van der Waals surface area contributed by atoms with Gasteiger partial charge in [0.25, 0.3) is 5.91 Å². The zero-order valence-corrected chi connectivity index (χ0v) is 17.0. The zero-order valence-electron chi connectivity index (χ0n) is 17.0. The monoisotopic (exact) mass is 380 g/mol. The molecule has 28 heavy (non-hydrogen) atoms. The molecule has 0 atom stereocenters. The highest BCUT2D eigenvalue weighted by atomic mass is 16.1. The summed E-state index contributed by atoms with van der Waals surface area (Å²) in [5, 5.41) is 5.38. The largest absolute Gasteiger partial charge is 0.354 e. The van der Waals surface area contributed by atoms with Crippen molar-refractivity contribution in [1.82, 2.24) is 15.2 Å². The lowest BCUT2D eigenvalue weighted by Crippen LogP contribution is -2.46. The van der Waals surface area contributed by atoms with E-state index in [9.17, 15) is 4.79 Å². The van der Waals surface area contributed by atoms with Crippen molar-refractivity contribution in [3.63, 3.8) is 0 Å². The minimum absolute atomic E-state index is 0.0259. The van der Waals surface area contributed by atoms with Crippen molar-refractivity contribution in [2.24, 2.45) is 0 Å². The summed E-state index contributed by atoms with van der Waals surface area (Å²) in [7, 11) is 0. The maximum absolute atomic E-state index is 13.0. The average molecular weight is 381 g/mol. The van der Waals surface area contributed by atoms with E-state index >= 15 is 0 Å². The zero-order chi connectivity index (χ0) is 19.3. The number of aromatic nitrogens is 1. The van der Waals surface area contributed by atoms with Crippen LogP contribution >= 0.6 is 0 Å². The second-order valence-corrected chi connectivity index (χ2v) is 8.12. The minimum atomic E-state index is 0.0259. The fourth-order valence-corrected chi connectivity index (χ4v) is 4.57. The first kappa shape index (κ1) is 19.2. The predicted octanol–water partition coefficient (Wildman–Crippen LogP) is 3.83. The van der Waals surface area contributed by atoms with E-state index in [1.165, 1.54) is 25.7 Å². The van der Waals surface area contributed by atoms with Gasteiger partial charge in [-0.05, 0) is 24.8 Å². The van der Waals surface area contributed by atoms with E-state index in [0.717, 1.165) is 62.2 Å². The van der Waals surface area contributed by atoms with Crippen molar-refractivity contribution < 1.29 is 4.79 Å². The number of hydrogen-bond acceptors (Lipinski definition) is 4. The lowest BCUT2D eigenvalue weighted by molar-refractivity contribution is 0.0934. The molecule has 1 aliphatic heterocycles. The van der Waals surface area contributed by atoms with Crippen LogP contribution < -0.4 is 10.2 Å². The Balaban J connectivity index is 1.58. The number of anilines is 1. The third-order valence-corrected chi connectivity index (χ3v) is 6.33. The molecule has 5 heteroatoms. The summed E-state index contributed by atoms with van der Waals surface area (Å²) in [4.78, 5) is 22.6. The van der Waals surface area contributed by atoms with Crippen LogP contribution in [0.15, 0.2) is 30.5 Å². The van der Waals surface area contributed by atoms with Crippen LogP contribution in [-0.4, -0.2) is 54.6 Å². The molecule has 0 bridgehead atoms. The smallest absolute Gasteiger partial charge is 0.253 e. The molecule has 4 rings (SSSR count). The molecule has 2 heterocycles. The van der Waals surface area contributed by atoms with Crippen molar-refractivity contribution in [2.45, 2.75) is 51.5 Å². The number of rotatable bonds is 4. The molecular formula is C23H32N4O. The molecule has 1 aromatic carbocycles. The molecule has 1 saturated carbocycles. The van der Waals surface area contributed by atoms with Gasteiger partial charge in [0, 0.05) is 43.8 Å². The number of carbonyl (C=O) groups is 1. The Hall–Kier alpha value is -2.14. The number of carbonyl (C=O) groups excluding carboxylic acids is 1. The van der Waals surface area contributed by atoms with E-state index in [1.807, 2.05) is 12.1 Å². The lowest BCUT2D eigenvalue weighted by Gasteiger charge is -2.35.